The van der Waals surface area contributed by atoms with Crippen LogP contribution < -0.4 is 20.5 Å². The van der Waals surface area contributed by atoms with Crippen molar-refractivity contribution in [2.75, 3.05) is 12.1 Å². The van der Waals surface area contributed by atoms with E-state index in [1.165, 1.54) is 6.08 Å². The number of hydrogen-bond acceptors (Lipinski definition) is 4. The van der Waals surface area contributed by atoms with Crippen molar-refractivity contribution in [3.05, 3.63) is 58.5 Å². The Bertz CT molecular complexity index is 1020. The minimum Gasteiger partial charge on any atom is -0.454 e. The van der Waals surface area contributed by atoms with E-state index in [9.17, 15) is 9.59 Å². The molecule has 0 aliphatic carbocycles. The number of ether oxygens (including phenoxy) is 2. The summed E-state index contributed by atoms with van der Waals surface area (Å²) in [5.41, 5.74) is 2.47. The predicted molar refractivity (Wildman–Crippen MR) is 89.1 cm³/mol. The number of aromatic nitrogens is 2. The molecule has 1 aliphatic heterocycles. The van der Waals surface area contributed by atoms with Crippen LogP contribution in [0.1, 0.15) is 5.56 Å². The fourth-order valence-electron chi connectivity index (χ4n) is 2.48. The van der Waals surface area contributed by atoms with Crippen LogP contribution in [0.5, 0.6) is 11.5 Å². The van der Waals surface area contributed by atoms with Gasteiger partial charge in [-0.05, 0) is 42.0 Å². The number of rotatable bonds is 3. The molecule has 0 saturated carbocycles. The molecule has 2 aromatic carbocycles. The van der Waals surface area contributed by atoms with Gasteiger partial charge in [0.15, 0.2) is 11.5 Å². The smallest absolute Gasteiger partial charge is 0.323 e. The lowest BCUT2D eigenvalue weighted by Crippen LogP contribution is -2.07. The first kappa shape index (κ1) is 14.1. The fraction of sp³-hybridized carbons (Fsp3) is 0.0588. The molecule has 7 heteroatoms. The van der Waals surface area contributed by atoms with Gasteiger partial charge in [-0.25, -0.2) is 4.79 Å². The van der Waals surface area contributed by atoms with Gasteiger partial charge in [0.05, 0.1) is 11.0 Å². The first-order valence-corrected chi connectivity index (χ1v) is 7.28. The number of benzene rings is 2. The van der Waals surface area contributed by atoms with E-state index in [0.717, 1.165) is 5.56 Å². The normalized spacial score (nSPS) is 12.8. The number of imidazole rings is 1. The summed E-state index contributed by atoms with van der Waals surface area (Å²) in [7, 11) is 0. The standard InChI is InChI=1S/C17H13N3O4/c21-16(6-2-10-1-5-14-15(7-10)24-9-23-14)18-11-3-4-12-13(8-11)20-17(22)19-12/h1-8H,9H2,(H,18,21)(H2,19,20,22)/b6-2+. The number of amides is 1. The molecule has 0 spiro atoms. The third-order valence-electron chi connectivity index (χ3n) is 3.61. The van der Waals surface area contributed by atoms with E-state index in [0.29, 0.717) is 28.2 Å². The average molecular weight is 323 g/mol. The second-order valence-corrected chi connectivity index (χ2v) is 5.27. The summed E-state index contributed by atoms with van der Waals surface area (Å²) in [6.07, 6.45) is 3.12. The van der Waals surface area contributed by atoms with E-state index in [2.05, 4.69) is 15.3 Å². The lowest BCUT2D eigenvalue weighted by molar-refractivity contribution is -0.111. The lowest BCUT2D eigenvalue weighted by Gasteiger charge is -2.02. The molecule has 0 atom stereocenters. The summed E-state index contributed by atoms with van der Waals surface area (Å²) >= 11 is 0. The molecule has 7 nitrogen and oxygen atoms in total. The van der Waals surface area contributed by atoms with E-state index in [4.69, 9.17) is 9.47 Å². The number of aromatic amines is 2. The van der Waals surface area contributed by atoms with E-state index in [1.54, 1.807) is 30.3 Å². The maximum atomic E-state index is 12.0. The number of nitrogens with one attached hydrogen (secondary N) is 3. The molecule has 0 radical (unpaired) electrons. The Balaban J connectivity index is 1.48. The quantitative estimate of drug-likeness (QED) is 0.644. The molecular formula is C17H13N3O4. The van der Waals surface area contributed by atoms with Gasteiger partial charge in [0.1, 0.15) is 0 Å². The lowest BCUT2D eigenvalue weighted by atomic mass is 10.2. The minimum atomic E-state index is -0.281. The number of H-pyrrole nitrogens is 2. The maximum Gasteiger partial charge on any atom is 0.323 e. The van der Waals surface area contributed by atoms with Gasteiger partial charge in [0.25, 0.3) is 0 Å². The molecule has 1 aromatic heterocycles. The van der Waals surface area contributed by atoms with Crippen molar-refractivity contribution in [3.63, 3.8) is 0 Å². The number of anilines is 1. The summed E-state index contributed by atoms with van der Waals surface area (Å²) in [5, 5.41) is 2.75. The van der Waals surface area contributed by atoms with E-state index >= 15 is 0 Å². The van der Waals surface area contributed by atoms with Crippen LogP contribution in [0.3, 0.4) is 0 Å². The summed E-state index contributed by atoms with van der Waals surface area (Å²) in [5.74, 6) is 1.09. The Morgan fingerprint density at radius 2 is 1.88 bits per heavy atom. The van der Waals surface area contributed by atoms with Gasteiger partial charge in [-0.15, -0.1) is 0 Å². The number of carbonyl (C=O) groups is 1. The van der Waals surface area contributed by atoms with E-state index < -0.39 is 0 Å². The summed E-state index contributed by atoms with van der Waals surface area (Å²) in [6, 6.07) is 10.6. The largest absolute Gasteiger partial charge is 0.454 e. The number of carbonyl (C=O) groups excluding carboxylic acids is 1. The van der Waals surface area contributed by atoms with Gasteiger partial charge in [-0.3, -0.25) is 4.79 Å². The molecule has 24 heavy (non-hydrogen) atoms. The highest BCUT2D eigenvalue weighted by Gasteiger charge is 2.12. The molecule has 3 aromatic rings. The van der Waals surface area contributed by atoms with Crippen LogP contribution in [-0.2, 0) is 4.79 Å². The molecule has 4 rings (SSSR count). The van der Waals surface area contributed by atoms with Gasteiger partial charge in [-0.1, -0.05) is 6.07 Å². The highest BCUT2D eigenvalue weighted by Crippen LogP contribution is 2.32. The van der Waals surface area contributed by atoms with Crippen LogP contribution >= 0.6 is 0 Å². The molecular weight excluding hydrogens is 310 g/mol. The Morgan fingerprint density at radius 3 is 2.79 bits per heavy atom. The van der Waals surface area contributed by atoms with Crippen LogP contribution in [0, 0.1) is 0 Å². The molecule has 1 aliphatic rings. The van der Waals surface area contributed by atoms with Gasteiger partial charge in [0, 0.05) is 11.8 Å². The summed E-state index contributed by atoms with van der Waals surface area (Å²) < 4.78 is 10.5. The third-order valence-corrected chi connectivity index (χ3v) is 3.61. The Labute approximate surface area is 135 Å². The summed E-state index contributed by atoms with van der Waals surface area (Å²) in [6.45, 7) is 0.215. The minimum absolute atomic E-state index is 0.215. The van der Waals surface area contributed by atoms with Gasteiger partial charge >= 0.3 is 5.69 Å². The van der Waals surface area contributed by atoms with E-state index in [-0.39, 0.29) is 18.4 Å². The van der Waals surface area contributed by atoms with Crippen LogP contribution in [0.25, 0.3) is 17.1 Å². The number of hydrogen-bond donors (Lipinski definition) is 3. The second-order valence-electron chi connectivity index (χ2n) is 5.27. The molecule has 0 fully saturated rings. The van der Waals surface area contributed by atoms with Crippen LogP contribution in [0.4, 0.5) is 5.69 Å². The highest BCUT2D eigenvalue weighted by atomic mass is 16.7. The Kier molecular flexibility index (Phi) is 3.31. The van der Waals surface area contributed by atoms with Crippen LogP contribution in [0.15, 0.2) is 47.3 Å². The zero-order chi connectivity index (χ0) is 16.5. The Morgan fingerprint density at radius 1 is 1.04 bits per heavy atom. The number of fused-ring (bicyclic) bond motifs is 2. The van der Waals surface area contributed by atoms with Gasteiger partial charge in [-0.2, -0.15) is 0 Å². The van der Waals surface area contributed by atoms with Crippen molar-refractivity contribution in [2.45, 2.75) is 0 Å². The highest BCUT2D eigenvalue weighted by molar-refractivity contribution is 6.02. The molecule has 120 valence electrons. The second kappa shape index (κ2) is 5.62. The fourth-order valence-corrected chi connectivity index (χ4v) is 2.48. The monoisotopic (exact) mass is 323 g/mol. The van der Waals surface area contributed by atoms with Crippen molar-refractivity contribution in [1.29, 1.82) is 0 Å². The molecule has 3 N–H and O–H groups in total. The van der Waals surface area contributed by atoms with Gasteiger partial charge in [0.2, 0.25) is 12.7 Å². The molecule has 0 unspecified atom stereocenters. The zero-order valence-corrected chi connectivity index (χ0v) is 12.5. The van der Waals surface area contributed by atoms with Crippen molar-refractivity contribution < 1.29 is 14.3 Å². The third kappa shape index (κ3) is 2.74. The van der Waals surface area contributed by atoms with Crippen LogP contribution in [-0.4, -0.2) is 22.7 Å². The first-order chi connectivity index (χ1) is 11.7. The van der Waals surface area contributed by atoms with E-state index in [1.807, 2.05) is 12.1 Å². The Hall–Kier alpha value is -3.48. The van der Waals surface area contributed by atoms with Gasteiger partial charge < -0.3 is 24.8 Å². The van der Waals surface area contributed by atoms with Crippen molar-refractivity contribution >= 4 is 28.7 Å². The van der Waals surface area contributed by atoms with Crippen LogP contribution in [0.2, 0.25) is 0 Å². The topological polar surface area (TPSA) is 96.2 Å². The SMILES string of the molecule is O=C(/C=C/c1ccc2c(c1)OCO2)Nc1ccc2[nH]c(=O)[nH]c2c1. The molecule has 1 amide bonds. The van der Waals surface area contributed by atoms with Crippen molar-refractivity contribution in [1.82, 2.24) is 9.97 Å². The van der Waals surface area contributed by atoms with Crippen molar-refractivity contribution in [3.8, 4) is 11.5 Å². The molecule has 2 heterocycles. The average Bonchev–Trinajstić information content (AvgIpc) is 3.17. The first-order valence-electron chi connectivity index (χ1n) is 7.28. The zero-order valence-electron chi connectivity index (χ0n) is 12.5. The van der Waals surface area contributed by atoms with Crippen molar-refractivity contribution in [2.24, 2.45) is 0 Å². The molecule has 0 saturated heterocycles. The maximum absolute atomic E-state index is 12.0. The predicted octanol–water partition coefficient (Wildman–Crippen LogP) is 2.24. The molecule has 0 bridgehead atoms. The summed E-state index contributed by atoms with van der Waals surface area (Å²) in [4.78, 5) is 28.6.